The minimum Gasteiger partial charge on any atom is -0.356 e. The highest BCUT2D eigenvalue weighted by Gasteiger charge is 2.08. The van der Waals surface area contributed by atoms with E-state index >= 15 is 0 Å². The van der Waals surface area contributed by atoms with Crippen molar-refractivity contribution < 1.29 is 4.79 Å². The fourth-order valence-corrected chi connectivity index (χ4v) is 2.87. The van der Waals surface area contributed by atoms with Crippen LogP contribution >= 0.6 is 0 Å². The van der Waals surface area contributed by atoms with Crippen molar-refractivity contribution in [3.8, 4) is 0 Å². The lowest BCUT2D eigenvalue weighted by Crippen LogP contribution is -2.32. The molecule has 0 aliphatic rings. The van der Waals surface area contributed by atoms with Crippen molar-refractivity contribution in [1.82, 2.24) is 15.1 Å². The largest absolute Gasteiger partial charge is 0.356 e. The first kappa shape index (κ1) is 17.7. The molecular weight excluding hydrogens is 330 g/mol. The van der Waals surface area contributed by atoms with Crippen LogP contribution in [0.1, 0.15) is 18.4 Å². The Morgan fingerprint density at radius 2 is 1.65 bits per heavy atom. The summed E-state index contributed by atoms with van der Waals surface area (Å²) in [4.78, 5) is 36.4. The molecule has 2 N–H and O–H groups in total. The van der Waals surface area contributed by atoms with E-state index in [1.807, 2.05) is 18.2 Å². The number of aromatic nitrogens is 2. The predicted molar refractivity (Wildman–Crippen MR) is 101 cm³/mol. The third kappa shape index (κ3) is 4.27. The van der Waals surface area contributed by atoms with Gasteiger partial charge in [0.25, 0.3) is 11.1 Å². The normalized spacial score (nSPS) is 10.8. The van der Waals surface area contributed by atoms with Crippen LogP contribution in [-0.4, -0.2) is 22.2 Å². The number of rotatable bonds is 7. The molecule has 0 saturated heterocycles. The van der Waals surface area contributed by atoms with Gasteiger partial charge >= 0.3 is 0 Å². The maximum Gasteiger partial charge on any atom is 0.273 e. The maximum atomic E-state index is 12.4. The lowest BCUT2D eigenvalue weighted by atomic mass is 10.1. The average Bonchev–Trinajstić information content (AvgIpc) is 2.68. The number of amides is 1. The second-order valence-corrected chi connectivity index (χ2v) is 6.13. The van der Waals surface area contributed by atoms with Gasteiger partial charge < -0.3 is 5.32 Å². The Kier molecular flexibility index (Phi) is 5.63. The molecule has 6 heteroatoms. The van der Waals surface area contributed by atoms with Gasteiger partial charge in [0.2, 0.25) is 5.91 Å². The number of aromatic amines is 1. The van der Waals surface area contributed by atoms with E-state index in [2.05, 4.69) is 22.5 Å². The molecule has 1 aromatic heterocycles. The minimum atomic E-state index is -0.330. The topological polar surface area (TPSA) is 84.0 Å². The van der Waals surface area contributed by atoms with Gasteiger partial charge in [-0.3, -0.25) is 19.5 Å². The van der Waals surface area contributed by atoms with Gasteiger partial charge in [0.15, 0.2) is 0 Å². The van der Waals surface area contributed by atoms with Crippen molar-refractivity contribution in [2.75, 3.05) is 6.54 Å². The molecule has 0 aliphatic heterocycles. The van der Waals surface area contributed by atoms with Crippen LogP contribution in [0.3, 0.4) is 0 Å². The summed E-state index contributed by atoms with van der Waals surface area (Å²) in [6, 6.07) is 16.7. The van der Waals surface area contributed by atoms with Crippen LogP contribution in [0.2, 0.25) is 0 Å². The zero-order chi connectivity index (χ0) is 18.4. The zero-order valence-corrected chi connectivity index (χ0v) is 14.4. The number of H-pyrrole nitrogens is 1. The fourth-order valence-electron chi connectivity index (χ4n) is 2.87. The molecule has 1 amide bonds. The molecule has 0 aliphatic carbocycles. The molecule has 134 valence electrons. The average molecular weight is 351 g/mol. The minimum absolute atomic E-state index is 0.138. The molecule has 2 aromatic carbocycles. The Morgan fingerprint density at radius 1 is 0.962 bits per heavy atom. The smallest absolute Gasteiger partial charge is 0.273 e. The summed E-state index contributed by atoms with van der Waals surface area (Å²) >= 11 is 0. The Hall–Kier alpha value is -3.15. The second kappa shape index (κ2) is 8.29. The SMILES string of the molecule is O=C(CCn1[nH]c(=O)c2ccccc2c1=O)NCCCc1ccccc1. The van der Waals surface area contributed by atoms with Crippen LogP contribution in [-0.2, 0) is 17.8 Å². The molecule has 6 nitrogen and oxygen atoms in total. The number of aryl methyl sites for hydroxylation is 2. The molecule has 0 bridgehead atoms. The molecule has 0 saturated carbocycles. The molecule has 3 aromatic rings. The highest BCUT2D eigenvalue weighted by Crippen LogP contribution is 2.03. The number of carbonyl (C=O) groups is 1. The monoisotopic (exact) mass is 351 g/mol. The first-order chi connectivity index (χ1) is 12.6. The van der Waals surface area contributed by atoms with E-state index in [4.69, 9.17) is 0 Å². The Bertz CT molecular complexity index is 1010. The van der Waals surface area contributed by atoms with Gasteiger partial charge in [-0.1, -0.05) is 42.5 Å². The van der Waals surface area contributed by atoms with Gasteiger partial charge in [-0.2, -0.15) is 0 Å². The van der Waals surface area contributed by atoms with E-state index in [9.17, 15) is 14.4 Å². The Labute approximate surface area is 150 Å². The first-order valence-corrected chi connectivity index (χ1v) is 8.67. The second-order valence-electron chi connectivity index (χ2n) is 6.13. The van der Waals surface area contributed by atoms with Crippen LogP contribution < -0.4 is 16.4 Å². The van der Waals surface area contributed by atoms with Crippen molar-refractivity contribution in [3.05, 3.63) is 80.9 Å². The number of hydrogen-bond donors (Lipinski definition) is 2. The van der Waals surface area contributed by atoms with E-state index < -0.39 is 0 Å². The van der Waals surface area contributed by atoms with Crippen LogP contribution in [0.25, 0.3) is 10.8 Å². The fraction of sp³-hybridized carbons (Fsp3) is 0.250. The highest BCUT2D eigenvalue weighted by atomic mass is 16.2. The van der Waals surface area contributed by atoms with E-state index in [0.717, 1.165) is 12.8 Å². The summed E-state index contributed by atoms with van der Waals surface area (Å²) in [7, 11) is 0. The Morgan fingerprint density at radius 3 is 2.42 bits per heavy atom. The van der Waals surface area contributed by atoms with Gasteiger partial charge in [-0.25, -0.2) is 4.68 Å². The van der Waals surface area contributed by atoms with Crippen molar-refractivity contribution in [3.63, 3.8) is 0 Å². The lowest BCUT2D eigenvalue weighted by Gasteiger charge is -2.08. The molecule has 0 unspecified atom stereocenters. The van der Waals surface area contributed by atoms with E-state index in [1.54, 1.807) is 24.3 Å². The molecule has 0 spiro atoms. The van der Waals surface area contributed by atoms with Gasteiger partial charge in [0.05, 0.1) is 17.3 Å². The summed E-state index contributed by atoms with van der Waals surface area (Å²) in [5.74, 6) is -0.140. The Balaban J connectivity index is 1.52. The third-order valence-electron chi connectivity index (χ3n) is 4.25. The number of nitrogens with zero attached hydrogens (tertiary/aromatic N) is 1. The molecular formula is C20H21N3O3. The van der Waals surface area contributed by atoms with Crippen LogP contribution in [0.5, 0.6) is 0 Å². The van der Waals surface area contributed by atoms with Crippen molar-refractivity contribution in [2.45, 2.75) is 25.8 Å². The van der Waals surface area contributed by atoms with Gasteiger partial charge in [0, 0.05) is 13.0 Å². The summed E-state index contributed by atoms with van der Waals surface area (Å²) in [6.07, 6.45) is 1.89. The predicted octanol–water partition coefficient (Wildman–Crippen LogP) is 1.83. The third-order valence-corrected chi connectivity index (χ3v) is 4.25. The van der Waals surface area contributed by atoms with Crippen LogP contribution in [0, 0.1) is 0 Å². The van der Waals surface area contributed by atoms with Gasteiger partial charge in [0.1, 0.15) is 0 Å². The molecule has 0 radical (unpaired) electrons. The summed E-state index contributed by atoms with van der Waals surface area (Å²) < 4.78 is 1.20. The molecule has 0 fully saturated rings. The summed E-state index contributed by atoms with van der Waals surface area (Å²) in [5.41, 5.74) is 0.614. The standard InChI is InChI=1S/C20H21N3O3/c24-18(21-13-6-9-15-7-2-1-3-8-15)12-14-23-20(26)17-11-5-4-10-16(17)19(25)22-23/h1-5,7-8,10-11H,6,9,12-14H2,(H,21,24)(H,22,25). The quantitative estimate of drug-likeness (QED) is 0.637. The molecule has 1 heterocycles. The molecule has 26 heavy (non-hydrogen) atoms. The number of fused-ring (bicyclic) bond motifs is 1. The van der Waals surface area contributed by atoms with E-state index in [1.165, 1.54) is 10.2 Å². The molecule has 0 atom stereocenters. The summed E-state index contributed by atoms with van der Waals surface area (Å²) in [5, 5.41) is 6.10. The summed E-state index contributed by atoms with van der Waals surface area (Å²) in [6.45, 7) is 0.723. The van der Waals surface area contributed by atoms with E-state index in [0.29, 0.717) is 17.3 Å². The highest BCUT2D eigenvalue weighted by molar-refractivity contribution is 5.80. The van der Waals surface area contributed by atoms with Crippen LogP contribution in [0.4, 0.5) is 0 Å². The zero-order valence-electron chi connectivity index (χ0n) is 14.4. The number of hydrogen-bond acceptors (Lipinski definition) is 3. The van der Waals surface area contributed by atoms with Gasteiger partial charge in [-0.15, -0.1) is 0 Å². The van der Waals surface area contributed by atoms with Crippen molar-refractivity contribution in [1.29, 1.82) is 0 Å². The first-order valence-electron chi connectivity index (χ1n) is 8.67. The van der Waals surface area contributed by atoms with Crippen LogP contribution in [0.15, 0.2) is 64.2 Å². The maximum absolute atomic E-state index is 12.4. The molecule has 3 rings (SSSR count). The number of benzene rings is 2. The number of carbonyl (C=O) groups excluding carboxylic acids is 1. The van der Waals surface area contributed by atoms with Gasteiger partial charge in [-0.05, 0) is 30.5 Å². The van der Waals surface area contributed by atoms with Crippen molar-refractivity contribution in [2.24, 2.45) is 0 Å². The van der Waals surface area contributed by atoms with E-state index in [-0.39, 0.29) is 30.0 Å². The number of nitrogens with one attached hydrogen (secondary N) is 2. The van der Waals surface area contributed by atoms with Crippen molar-refractivity contribution >= 4 is 16.7 Å². The lowest BCUT2D eigenvalue weighted by molar-refractivity contribution is -0.121.